The Kier molecular flexibility index (Phi) is 6.13. The maximum absolute atomic E-state index is 12.7. The fraction of sp³-hybridized carbons (Fsp3) is 0.273. The highest BCUT2D eigenvalue weighted by atomic mass is 32.2. The van der Waals surface area contributed by atoms with E-state index in [2.05, 4.69) is 14.6 Å². The van der Waals surface area contributed by atoms with E-state index >= 15 is 0 Å². The van der Waals surface area contributed by atoms with Gasteiger partial charge in [0.15, 0.2) is 0 Å². The quantitative estimate of drug-likeness (QED) is 0.614. The second-order valence-electron chi connectivity index (χ2n) is 6.85. The van der Waals surface area contributed by atoms with Crippen LogP contribution in [0.1, 0.15) is 0 Å². The minimum absolute atomic E-state index is 0.0233. The van der Waals surface area contributed by atoms with Crippen LogP contribution in [-0.2, 0) is 0 Å². The average Bonchev–Trinajstić information content (AvgIpc) is 2.81. The first-order valence-corrected chi connectivity index (χ1v) is 10.5. The SMILES string of the molecule is COc1ccccc1N1CCN(C(=O)SNc2cc3ccccc3nc2OC)CC1. The number of rotatable bonds is 5. The Morgan fingerprint density at radius 3 is 2.50 bits per heavy atom. The highest BCUT2D eigenvalue weighted by Gasteiger charge is 2.23. The number of amides is 1. The van der Waals surface area contributed by atoms with Gasteiger partial charge in [0, 0.05) is 43.5 Å². The van der Waals surface area contributed by atoms with Crippen molar-refractivity contribution in [3.05, 3.63) is 54.6 Å². The summed E-state index contributed by atoms with van der Waals surface area (Å²) in [7, 11) is 3.25. The van der Waals surface area contributed by atoms with Gasteiger partial charge in [0.1, 0.15) is 11.4 Å². The Labute approximate surface area is 180 Å². The number of hydrogen-bond donors (Lipinski definition) is 1. The summed E-state index contributed by atoms with van der Waals surface area (Å²) in [6.45, 7) is 2.82. The Morgan fingerprint density at radius 2 is 1.73 bits per heavy atom. The highest BCUT2D eigenvalue weighted by molar-refractivity contribution is 8.14. The zero-order valence-electron chi connectivity index (χ0n) is 17.0. The molecule has 8 heteroatoms. The standard InChI is InChI=1S/C22H24N4O3S/c1-28-20-10-6-5-9-19(20)25-11-13-26(14-12-25)22(27)30-24-18-15-16-7-3-4-8-17(16)23-21(18)29-2/h3-10,15,24H,11-14H2,1-2H3. The van der Waals surface area contributed by atoms with Crippen molar-refractivity contribution in [3.63, 3.8) is 0 Å². The van der Waals surface area contributed by atoms with Crippen LogP contribution < -0.4 is 19.1 Å². The molecule has 1 aliphatic heterocycles. The monoisotopic (exact) mass is 424 g/mol. The Hall–Kier alpha value is -3.13. The van der Waals surface area contributed by atoms with Crippen LogP contribution in [0.3, 0.4) is 0 Å². The van der Waals surface area contributed by atoms with E-state index in [9.17, 15) is 4.79 Å². The molecule has 1 amide bonds. The molecule has 4 rings (SSSR count). The van der Waals surface area contributed by atoms with Crippen LogP contribution in [0.5, 0.6) is 11.6 Å². The summed E-state index contributed by atoms with van der Waals surface area (Å²) < 4.78 is 14.0. The molecular formula is C22H24N4O3S. The van der Waals surface area contributed by atoms with Gasteiger partial charge in [-0.25, -0.2) is 4.98 Å². The van der Waals surface area contributed by atoms with Crippen molar-refractivity contribution in [1.29, 1.82) is 0 Å². The van der Waals surface area contributed by atoms with Crippen molar-refractivity contribution in [3.8, 4) is 11.6 Å². The maximum Gasteiger partial charge on any atom is 0.302 e. The van der Waals surface area contributed by atoms with Crippen molar-refractivity contribution >= 4 is 39.5 Å². The van der Waals surface area contributed by atoms with Gasteiger partial charge in [0.2, 0.25) is 5.88 Å². The molecule has 0 atom stereocenters. The van der Waals surface area contributed by atoms with Crippen LogP contribution >= 0.6 is 11.9 Å². The second-order valence-corrected chi connectivity index (χ2v) is 7.61. The molecule has 30 heavy (non-hydrogen) atoms. The van der Waals surface area contributed by atoms with E-state index in [4.69, 9.17) is 9.47 Å². The van der Waals surface area contributed by atoms with Gasteiger partial charge in [-0.05, 0) is 24.3 Å². The van der Waals surface area contributed by atoms with E-state index in [1.807, 2.05) is 59.5 Å². The molecule has 2 aromatic carbocycles. The summed E-state index contributed by atoms with van der Waals surface area (Å²) in [5.41, 5.74) is 2.59. The van der Waals surface area contributed by atoms with Crippen molar-refractivity contribution < 1.29 is 14.3 Å². The lowest BCUT2D eigenvalue weighted by molar-refractivity contribution is 0.219. The molecule has 7 nitrogen and oxygen atoms in total. The number of pyridine rings is 1. The summed E-state index contributed by atoms with van der Waals surface area (Å²) in [6.07, 6.45) is 0. The van der Waals surface area contributed by atoms with Gasteiger partial charge >= 0.3 is 5.24 Å². The Morgan fingerprint density at radius 1 is 1.00 bits per heavy atom. The fourth-order valence-electron chi connectivity index (χ4n) is 3.51. The number of nitrogens with one attached hydrogen (secondary N) is 1. The molecule has 0 aliphatic carbocycles. The number of ether oxygens (including phenoxy) is 2. The van der Waals surface area contributed by atoms with Crippen molar-refractivity contribution in [2.24, 2.45) is 0 Å². The van der Waals surface area contributed by atoms with E-state index < -0.39 is 0 Å². The first-order chi connectivity index (χ1) is 14.7. The third-order valence-corrected chi connectivity index (χ3v) is 5.85. The van der Waals surface area contributed by atoms with Gasteiger partial charge in [0.25, 0.3) is 0 Å². The van der Waals surface area contributed by atoms with E-state index in [0.717, 1.165) is 47.4 Å². The first-order valence-electron chi connectivity index (χ1n) is 9.73. The molecule has 1 saturated heterocycles. The third kappa shape index (κ3) is 4.23. The number of aromatic nitrogens is 1. The van der Waals surface area contributed by atoms with E-state index in [1.54, 1.807) is 14.2 Å². The lowest BCUT2D eigenvalue weighted by Crippen LogP contribution is -2.48. The van der Waals surface area contributed by atoms with Gasteiger partial charge in [-0.15, -0.1) is 0 Å². The van der Waals surface area contributed by atoms with Crippen LogP contribution in [-0.4, -0.2) is 55.5 Å². The normalized spacial score (nSPS) is 13.9. The number of anilines is 2. The van der Waals surface area contributed by atoms with Crippen LogP contribution in [0.2, 0.25) is 0 Å². The van der Waals surface area contributed by atoms with Crippen molar-refractivity contribution in [2.75, 3.05) is 50.0 Å². The van der Waals surface area contributed by atoms with Crippen LogP contribution in [0.4, 0.5) is 16.2 Å². The number of para-hydroxylation sites is 3. The largest absolute Gasteiger partial charge is 0.495 e. The number of methoxy groups -OCH3 is 2. The smallest absolute Gasteiger partial charge is 0.302 e. The van der Waals surface area contributed by atoms with Crippen LogP contribution in [0, 0.1) is 0 Å². The third-order valence-electron chi connectivity index (χ3n) is 5.09. The number of piperazine rings is 1. The number of benzene rings is 2. The number of nitrogens with zero attached hydrogens (tertiary/aromatic N) is 3. The Bertz CT molecular complexity index is 1040. The van der Waals surface area contributed by atoms with Gasteiger partial charge in [-0.2, -0.15) is 0 Å². The Balaban J connectivity index is 1.37. The topological polar surface area (TPSA) is 66.9 Å². The number of carbonyl (C=O) groups is 1. The lowest BCUT2D eigenvalue weighted by Gasteiger charge is -2.36. The molecule has 0 radical (unpaired) electrons. The molecule has 0 spiro atoms. The zero-order valence-corrected chi connectivity index (χ0v) is 17.8. The van der Waals surface area contributed by atoms with Gasteiger partial charge in [0.05, 0.1) is 25.4 Å². The summed E-state index contributed by atoms with van der Waals surface area (Å²) in [5, 5.41) is 0.962. The molecule has 1 N–H and O–H groups in total. The molecule has 3 aromatic rings. The van der Waals surface area contributed by atoms with E-state index in [-0.39, 0.29) is 5.24 Å². The minimum atomic E-state index is -0.0233. The molecular weight excluding hydrogens is 400 g/mol. The summed E-state index contributed by atoms with van der Waals surface area (Å²) in [6, 6.07) is 17.7. The van der Waals surface area contributed by atoms with Crippen molar-refractivity contribution in [2.45, 2.75) is 0 Å². The number of carbonyl (C=O) groups excluding carboxylic acids is 1. The molecule has 2 heterocycles. The minimum Gasteiger partial charge on any atom is -0.495 e. The average molecular weight is 425 g/mol. The number of hydrogen-bond acceptors (Lipinski definition) is 7. The molecule has 0 bridgehead atoms. The first kappa shape index (κ1) is 20.2. The van der Waals surface area contributed by atoms with Crippen LogP contribution in [0.15, 0.2) is 54.6 Å². The zero-order chi connectivity index (χ0) is 20.9. The van der Waals surface area contributed by atoms with E-state index in [1.165, 1.54) is 0 Å². The molecule has 1 fully saturated rings. The highest BCUT2D eigenvalue weighted by Crippen LogP contribution is 2.31. The van der Waals surface area contributed by atoms with Gasteiger partial charge in [-0.1, -0.05) is 30.3 Å². The summed E-state index contributed by atoms with van der Waals surface area (Å²) >= 11 is 1.05. The second kappa shape index (κ2) is 9.13. The summed E-state index contributed by atoms with van der Waals surface area (Å²) in [5.74, 6) is 1.32. The fourth-order valence-corrected chi connectivity index (χ4v) is 4.17. The summed E-state index contributed by atoms with van der Waals surface area (Å²) in [4.78, 5) is 21.3. The molecule has 0 unspecified atom stereocenters. The predicted octanol–water partition coefficient (Wildman–Crippen LogP) is 4.25. The van der Waals surface area contributed by atoms with Gasteiger partial charge in [-0.3, -0.25) is 4.79 Å². The van der Waals surface area contributed by atoms with Crippen molar-refractivity contribution in [1.82, 2.24) is 9.88 Å². The number of fused-ring (bicyclic) bond motifs is 1. The lowest BCUT2D eigenvalue weighted by atomic mass is 10.2. The van der Waals surface area contributed by atoms with E-state index in [0.29, 0.717) is 24.7 Å². The molecule has 1 aromatic heterocycles. The molecule has 156 valence electrons. The molecule has 1 aliphatic rings. The van der Waals surface area contributed by atoms with Gasteiger partial charge < -0.3 is 24.0 Å². The van der Waals surface area contributed by atoms with Crippen LogP contribution in [0.25, 0.3) is 10.9 Å². The predicted molar refractivity (Wildman–Crippen MR) is 122 cm³/mol. The molecule has 0 saturated carbocycles. The maximum atomic E-state index is 12.7.